The molecular weight excluding hydrogens is 601 g/mol. The molecule has 4 rings (SSSR count). The van der Waals surface area contributed by atoms with Crippen LogP contribution in [0.3, 0.4) is 0 Å². The van der Waals surface area contributed by atoms with Crippen molar-refractivity contribution in [3.63, 3.8) is 0 Å². The van der Waals surface area contributed by atoms with Crippen molar-refractivity contribution in [1.29, 1.82) is 0 Å². The van der Waals surface area contributed by atoms with Gasteiger partial charge in [0.05, 0.1) is 6.10 Å². The minimum atomic E-state index is -0.437. The summed E-state index contributed by atoms with van der Waals surface area (Å²) in [6, 6.07) is 0. The predicted molar refractivity (Wildman–Crippen MR) is 208 cm³/mol. The number of unbranched alkanes of at least 4 members (excludes halogenated alkanes) is 8. The van der Waals surface area contributed by atoms with Crippen molar-refractivity contribution >= 4 is 5.97 Å². The first-order chi connectivity index (χ1) is 23.5. The van der Waals surface area contributed by atoms with Crippen LogP contribution in [0.2, 0.25) is 0 Å². The SMILES string of the molecule is CCCCC/C=C\C/C=C\CCCCCCCC(=O)OC1C[C@@H](O)CC2=CC=C3[C@@H](CC[C@]4(C)[C@@H]([C@H](C)/C=C/[C@H](C)C(C)C)CC[C@@H]34)[C@@]21C. The number of carbonyl (C=O) groups excluding carboxylic acids is 1. The van der Waals surface area contributed by atoms with E-state index in [1.807, 2.05) is 0 Å². The molecule has 4 aliphatic rings. The molecule has 3 heteroatoms. The zero-order chi connectivity index (χ0) is 35.4. The van der Waals surface area contributed by atoms with Crippen molar-refractivity contribution in [1.82, 2.24) is 0 Å². The van der Waals surface area contributed by atoms with Gasteiger partial charge in [-0.3, -0.25) is 4.79 Å². The Morgan fingerprint density at radius 1 is 0.878 bits per heavy atom. The van der Waals surface area contributed by atoms with Crippen molar-refractivity contribution < 1.29 is 14.6 Å². The summed E-state index contributed by atoms with van der Waals surface area (Å²) in [5.41, 5.74) is 3.01. The topological polar surface area (TPSA) is 46.5 Å². The summed E-state index contributed by atoms with van der Waals surface area (Å²) in [7, 11) is 0. The first kappa shape index (κ1) is 39.9. The third-order valence-corrected chi connectivity index (χ3v) is 13.7. The molecule has 0 aliphatic heterocycles. The number of hydrogen-bond acceptors (Lipinski definition) is 3. The highest BCUT2D eigenvalue weighted by atomic mass is 16.5. The molecule has 49 heavy (non-hydrogen) atoms. The van der Waals surface area contributed by atoms with E-state index >= 15 is 0 Å². The van der Waals surface area contributed by atoms with E-state index in [9.17, 15) is 9.90 Å². The van der Waals surface area contributed by atoms with Gasteiger partial charge in [0.1, 0.15) is 6.10 Å². The number of esters is 1. The Morgan fingerprint density at radius 3 is 2.29 bits per heavy atom. The molecule has 0 bridgehead atoms. The van der Waals surface area contributed by atoms with Gasteiger partial charge in [0.2, 0.25) is 0 Å². The fourth-order valence-electron chi connectivity index (χ4n) is 10.1. The number of carbonyl (C=O) groups is 1. The lowest BCUT2D eigenvalue weighted by Crippen LogP contribution is -2.53. The summed E-state index contributed by atoms with van der Waals surface area (Å²) < 4.78 is 6.38. The molecule has 0 heterocycles. The first-order valence-electron chi connectivity index (χ1n) is 20.8. The second kappa shape index (κ2) is 19.1. The molecule has 3 saturated carbocycles. The number of rotatable bonds is 19. The van der Waals surface area contributed by atoms with Crippen LogP contribution in [0.25, 0.3) is 0 Å². The van der Waals surface area contributed by atoms with Crippen molar-refractivity contribution in [3.05, 3.63) is 59.8 Å². The van der Waals surface area contributed by atoms with Crippen LogP contribution in [0.5, 0.6) is 0 Å². The molecule has 3 fully saturated rings. The Hall–Kier alpha value is -1.87. The maximum atomic E-state index is 13.3. The van der Waals surface area contributed by atoms with Gasteiger partial charge in [-0.1, -0.05) is 140 Å². The molecule has 0 aromatic rings. The highest BCUT2D eigenvalue weighted by Gasteiger charge is 2.59. The smallest absolute Gasteiger partial charge is 0.306 e. The third kappa shape index (κ3) is 10.1. The minimum Gasteiger partial charge on any atom is -0.461 e. The molecule has 0 spiro atoms. The van der Waals surface area contributed by atoms with Gasteiger partial charge >= 0.3 is 5.97 Å². The van der Waals surface area contributed by atoms with Gasteiger partial charge in [0.25, 0.3) is 0 Å². The fourth-order valence-corrected chi connectivity index (χ4v) is 10.1. The number of aliphatic hydroxyl groups is 1. The van der Waals surface area contributed by atoms with Crippen LogP contribution < -0.4 is 0 Å². The summed E-state index contributed by atoms with van der Waals surface area (Å²) in [4.78, 5) is 13.3. The lowest BCUT2D eigenvalue weighted by molar-refractivity contribution is -0.162. The van der Waals surface area contributed by atoms with E-state index in [0.717, 1.165) is 32.1 Å². The van der Waals surface area contributed by atoms with Gasteiger partial charge in [-0.25, -0.2) is 0 Å². The van der Waals surface area contributed by atoms with Crippen molar-refractivity contribution in [2.45, 2.75) is 176 Å². The lowest BCUT2D eigenvalue weighted by atomic mass is 9.49. The number of aliphatic hydroxyl groups excluding tert-OH is 1. The van der Waals surface area contributed by atoms with E-state index in [0.29, 0.717) is 60.2 Å². The maximum Gasteiger partial charge on any atom is 0.306 e. The third-order valence-electron chi connectivity index (χ3n) is 13.7. The van der Waals surface area contributed by atoms with E-state index < -0.39 is 6.10 Å². The molecule has 276 valence electrons. The van der Waals surface area contributed by atoms with Crippen molar-refractivity contribution in [2.75, 3.05) is 0 Å². The van der Waals surface area contributed by atoms with Crippen LogP contribution >= 0.6 is 0 Å². The van der Waals surface area contributed by atoms with Crippen LogP contribution in [-0.4, -0.2) is 23.3 Å². The second-order valence-corrected chi connectivity index (χ2v) is 17.4. The van der Waals surface area contributed by atoms with Crippen LogP contribution in [0.15, 0.2) is 59.8 Å². The Bertz CT molecular complexity index is 1190. The Kier molecular flexibility index (Phi) is 15.6. The minimum absolute atomic E-state index is 0.0701. The normalized spacial score (nSPS) is 32.6. The van der Waals surface area contributed by atoms with Gasteiger partial charge < -0.3 is 9.84 Å². The maximum absolute atomic E-state index is 13.3. The van der Waals surface area contributed by atoms with Crippen LogP contribution in [0, 0.1) is 46.3 Å². The summed E-state index contributed by atoms with van der Waals surface area (Å²) >= 11 is 0. The average Bonchev–Trinajstić information content (AvgIpc) is 3.43. The molecule has 1 N–H and O–H groups in total. The van der Waals surface area contributed by atoms with E-state index in [1.54, 1.807) is 5.57 Å². The quantitative estimate of drug-likeness (QED) is 0.0842. The molecule has 3 nitrogen and oxygen atoms in total. The largest absolute Gasteiger partial charge is 0.461 e. The van der Waals surface area contributed by atoms with Crippen molar-refractivity contribution in [2.24, 2.45) is 46.3 Å². The van der Waals surface area contributed by atoms with Gasteiger partial charge in [0, 0.05) is 18.3 Å². The summed E-state index contributed by atoms with van der Waals surface area (Å²) in [5.74, 6) is 3.52. The highest BCUT2D eigenvalue weighted by molar-refractivity contribution is 5.69. The Morgan fingerprint density at radius 2 is 1.57 bits per heavy atom. The predicted octanol–water partition coefficient (Wildman–Crippen LogP) is 12.7. The van der Waals surface area contributed by atoms with E-state index in [4.69, 9.17) is 4.74 Å². The zero-order valence-electron chi connectivity index (χ0n) is 32.7. The molecule has 0 amide bonds. The Balaban J connectivity index is 1.25. The van der Waals surface area contributed by atoms with Gasteiger partial charge in [-0.05, 0) is 112 Å². The summed E-state index contributed by atoms with van der Waals surface area (Å²) in [6.07, 6.45) is 37.9. The standard InChI is InChI=1S/C46H74O3/c1-8-9-10-11-12-13-14-15-16-17-18-19-20-21-22-23-44(48)49-43-33-38(47)32-37-26-27-39-41-29-28-40(36(5)25-24-35(4)34(2)3)45(41,6)31-30-42(39)46(37,43)7/h12-13,15-16,24-27,34-36,38,40-43,47H,8-11,14,17-23,28-33H2,1-7H3/b13-12-,16-15-,25-24+/t35-,36+,38-,40+,41-,42+,43?,45+,46+/m0/s1. The highest BCUT2D eigenvalue weighted by Crippen LogP contribution is 2.66. The Labute approximate surface area is 302 Å². The van der Waals surface area contributed by atoms with E-state index in [1.165, 1.54) is 69.8 Å². The van der Waals surface area contributed by atoms with Crippen LogP contribution in [0.1, 0.15) is 164 Å². The molecule has 1 unspecified atom stereocenters. The number of allylic oxidation sites excluding steroid dienone is 9. The molecule has 0 saturated heterocycles. The first-order valence-corrected chi connectivity index (χ1v) is 20.8. The fraction of sp³-hybridized carbons (Fsp3) is 0.761. The molecule has 4 aliphatic carbocycles. The summed E-state index contributed by atoms with van der Waals surface area (Å²) in [5, 5.41) is 10.9. The molecule has 0 radical (unpaired) electrons. The van der Waals surface area contributed by atoms with Crippen molar-refractivity contribution in [3.8, 4) is 0 Å². The van der Waals surface area contributed by atoms with Gasteiger partial charge in [0.15, 0.2) is 0 Å². The van der Waals surface area contributed by atoms with E-state index in [-0.39, 0.29) is 17.5 Å². The van der Waals surface area contributed by atoms with Gasteiger partial charge in [-0.2, -0.15) is 0 Å². The van der Waals surface area contributed by atoms with E-state index in [2.05, 4.69) is 97.1 Å². The molecule has 0 aromatic heterocycles. The number of hydrogen-bond donors (Lipinski definition) is 1. The summed E-state index contributed by atoms with van der Waals surface area (Å²) in [6.45, 7) is 16.6. The number of ether oxygens (including phenoxy) is 1. The molecular formula is C46H74O3. The molecule has 9 atom stereocenters. The molecule has 0 aromatic carbocycles. The van der Waals surface area contributed by atoms with Crippen LogP contribution in [-0.2, 0) is 9.53 Å². The monoisotopic (exact) mass is 675 g/mol. The van der Waals surface area contributed by atoms with Gasteiger partial charge in [-0.15, -0.1) is 0 Å². The van der Waals surface area contributed by atoms with Crippen LogP contribution in [0.4, 0.5) is 0 Å². The number of fused-ring (bicyclic) bond motifs is 5. The lowest BCUT2D eigenvalue weighted by Gasteiger charge is -2.57. The second-order valence-electron chi connectivity index (χ2n) is 17.4. The zero-order valence-corrected chi connectivity index (χ0v) is 32.7. The average molecular weight is 675 g/mol.